The van der Waals surface area contributed by atoms with E-state index in [0.29, 0.717) is 12.1 Å². The maximum Gasteiger partial charge on any atom is 0.166 e. The number of hydrogen-bond acceptors (Lipinski definition) is 2. The molecule has 0 aromatic carbocycles. The third kappa shape index (κ3) is 2.69. The van der Waals surface area contributed by atoms with Crippen LogP contribution in [0.2, 0.25) is 0 Å². The zero-order valence-corrected chi connectivity index (χ0v) is 9.75. The second kappa shape index (κ2) is 4.28. The minimum absolute atomic E-state index is 0.306. The molecule has 0 aliphatic heterocycles. The van der Waals surface area contributed by atoms with Gasteiger partial charge >= 0.3 is 0 Å². The Morgan fingerprint density at radius 1 is 1.64 bits per heavy atom. The summed E-state index contributed by atoms with van der Waals surface area (Å²) in [7, 11) is 0. The Morgan fingerprint density at radius 3 is 3.00 bits per heavy atom. The van der Waals surface area contributed by atoms with E-state index in [4.69, 9.17) is 12.2 Å². The Kier molecular flexibility index (Phi) is 3.03. The first-order chi connectivity index (χ1) is 6.75. The van der Waals surface area contributed by atoms with Gasteiger partial charge in [0.15, 0.2) is 5.11 Å². The molecule has 4 heteroatoms. The average Bonchev–Trinajstić information content (AvgIpc) is 2.80. The largest absolute Gasteiger partial charge is 0.360 e. The molecule has 0 radical (unpaired) electrons. The molecule has 0 spiro atoms. The summed E-state index contributed by atoms with van der Waals surface area (Å²) in [6.45, 7) is 2.13. The van der Waals surface area contributed by atoms with Crippen molar-refractivity contribution in [3.63, 3.8) is 0 Å². The average molecular weight is 226 g/mol. The highest BCUT2D eigenvalue weighted by atomic mass is 32.1. The van der Waals surface area contributed by atoms with Gasteiger partial charge in [0.2, 0.25) is 0 Å². The van der Waals surface area contributed by atoms with E-state index in [9.17, 15) is 0 Å². The van der Waals surface area contributed by atoms with E-state index < -0.39 is 0 Å². The Morgan fingerprint density at radius 2 is 2.43 bits per heavy atom. The molecule has 1 fully saturated rings. The molecule has 1 heterocycles. The maximum atomic E-state index is 5.20. The molecular formula is C10H14N2S2. The molecule has 1 aliphatic carbocycles. The Balaban J connectivity index is 1.81. The molecule has 14 heavy (non-hydrogen) atoms. The Hall–Kier alpha value is -0.610. The number of rotatable bonds is 3. The van der Waals surface area contributed by atoms with Crippen molar-refractivity contribution in [3.05, 3.63) is 22.4 Å². The van der Waals surface area contributed by atoms with Crippen molar-refractivity contribution in [1.82, 2.24) is 10.6 Å². The lowest BCUT2D eigenvalue weighted by molar-refractivity contribution is 0.699. The standard InChI is InChI=1S/C10H14N2S2/c1-7(8-4-5-14-6-8)11-10(13)12-9-2-3-9/h4-7,9H,2-3H2,1H3,(H2,11,12,13). The van der Waals surface area contributed by atoms with Gasteiger partial charge in [-0.2, -0.15) is 11.3 Å². The summed E-state index contributed by atoms with van der Waals surface area (Å²) < 4.78 is 0. The molecule has 0 amide bonds. The van der Waals surface area contributed by atoms with E-state index in [1.165, 1.54) is 18.4 Å². The highest BCUT2D eigenvalue weighted by Gasteiger charge is 2.22. The van der Waals surface area contributed by atoms with Gasteiger partial charge in [-0.1, -0.05) is 0 Å². The quantitative estimate of drug-likeness (QED) is 0.774. The van der Waals surface area contributed by atoms with Gasteiger partial charge in [-0.3, -0.25) is 0 Å². The number of thiophene rings is 1. The van der Waals surface area contributed by atoms with Crippen molar-refractivity contribution < 1.29 is 0 Å². The predicted molar refractivity (Wildman–Crippen MR) is 64.6 cm³/mol. The van der Waals surface area contributed by atoms with Crippen LogP contribution < -0.4 is 10.6 Å². The molecule has 0 saturated heterocycles. The predicted octanol–water partition coefficient (Wildman–Crippen LogP) is 2.44. The number of nitrogens with one attached hydrogen (secondary N) is 2. The minimum Gasteiger partial charge on any atom is -0.360 e. The molecule has 0 bridgehead atoms. The van der Waals surface area contributed by atoms with Crippen LogP contribution in [0.1, 0.15) is 31.4 Å². The fraction of sp³-hybridized carbons (Fsp3) is 0.500. The van der Waals surface area contributed by atoms with Crippen molar-refractivity contribution in [3.8, 4) is 0 Å². The first-order valence-corrected chi connectivity index (χ1v) is 6.20. The van der Waals surface area contributed by atoms with Crippen molar-refractivity contribution in [2.24, 2.45) is 0 Å². The third-order valence-corrected chi connectivity index (χ3v) is 3.24. The molecule has 76 valence electrons. The summed E-state index contributed by atoms with van der Waals surface area (Å²) in [5.41, 5.74) is 1.30. The topological polar surface area (TPSA) is 24.1 Å². The molecule has 2 nitrogen and oxygen atoms in total. The van der Waals surface area contributed by atoms with Gasteiger partial charge in [-0.05, 0) is 54.4 Å². The molecule has 1 aromatic heterocycles. The van der Waals surface area contributed by atoms with Crippen LogP contribution >= 0.6 is 23.6 Å². The van der Waals surface area contributed by atoms with Crippen molar-refractivity contribution >= 4 is 28.7 Å². The van der Waals surface area contributed by atoms with Gasteiger partial charge in [0.05, 0.1) is 6.04 Å². The third-order valence-electron chi connectivity index (χ3n) is 2.30. The monoisotopic (exact) mass is 226 g/mol. The summed E-state index contributed by atoms with van der Waals surface area (Å²) >= 11 is 6.92. The SMILES string of the molecule is CC(NC(=S)NC1CC1)c1ccsc1. The zero-order chi connectivity index (χ0) is 9.97. The van der Waals surface area contributed by atoms with Crippen LogP contribution in [-0.4, -0.2) is 11.2 Å². The summed E-state index contributed by atoms with van der Waals surface area (Å²) in [6, 6.07) is 3.06. The molecular weight excluding hydrogens is 212 g/mol. The van der Waals surface area contributed by atoms with Crippen LogP contribution in [0.4, 0.5) is 0 Å². The smallest absolute Gasteiger partial charge is 0.166 e. The van der Waals surface area contributed by atoms with E-state index in [-0.39, 0.29) is 0 Å². The van der Waals surface area contributed by atoms with Crippen molar-refractivity contribution in [1.29, 1.82) is 0 Å². The van der Waals surface area contributed by atoms with E-state index in [0.717, 1.165) is 5.11 Å². The van der Waals surface area contributed by atoms with Crippen LogP contribution in [0.5, 0.6) is 0 Å². The van der Waals surface area contributed by atoms with Crippen LogP contribution in [0.25, 0.3) is 0 Å². The van der Waals surface area contributed by atoms with Gasteiger partial charge in [0.1, 0.15) is 0 Å². The Bertz CT molecular complexity index is 304. The highest BCUT2D eigenvalue weighted by Crippen LogP contribution is 2.19. The lowest BCUT2D eigenvalue weighted by atomic mass is 10.2. The lowest BCUT2D eigenvalue weighted by Crippen LogP contribution is -2.37. The lowest BCUT2D eigenvalue weighted by Gasteiger charge is -2.15. The van der Waals surface area contributed by atoms with Gasteiger partial charge < -0.3 is 10.6 Å². The zero-order valence-electron chi connectivity index (χ0n) is 8.12. The van der Waals surface area contributed by atoms with Crippen LogP contribution in [-0.2, 0) is 0 Å². The first kappa shape index (κ1) is 9.93. The van der Waals surface area contributed by atoms with E-state index in [1.807, 2.05) is 0 Å². The summed E-state index contributed by atoms with van der Waals surface area (Å²) in [6.07, 6.45) is 2.52. The van der Waals surface area contributed by atoms with E-state index >= 15 is 0 Å². The van der Waals surface area contributed by atoms with Crippen LogP contribution in [0.15, 0.2) is 16.8 Å². The molecule has 1 unspecified atom stereocenters. The maximum absolute atomic E-state index is 5.20. The molecule has 1 aromatic rings. The number of hydrogen-bond donors (Lipinski definition) is 2. The number of thiocarbonyl (C=S) groups is 1. The molecule has 1 saturated carbocycles. The van der Waals surface area contributed by atoms with E-state index in [1.54, 1.807) is 11.3 Å². The van der Waals surface area contributed by atoms with Gasteiger partial charge in [-0.15, -0.1) is 0 Å². The van der Waals surface area contributed by atoms with E-state index in [2.05, 4.69) is 34.4 Å². The molecule has 2 rings (SSSR count). The van der Waals surface area contributed by atoms with Gasteiger partial charge in [0.25, 0.3) is 0 Å². The van der Waals surface area contributed by atoms with Crippen molar-refractivity contribution in [2.45, 2.75) is 31.8 Å². The normalized spacial score (nSPS) is 17.5. The summed E-state index contributed by atoms with van der Waals surface area (Å²) in [5.74, 6) is 0. The highest BCUT2D eigenvalue weighted by molar-refractivity contribution is 7.80. The van der Waals surface area contributed by atoms with Crippen LogP contribution in [0, 0.1) is 0 Å². The van der Waals surface area contributed by atoms with Crippen LogP contribution in [0.3, 0.4) is 0 Å². The summed E-state index contributed by atoms with van der Waals surface area (Å²) in [5, 5.41) is 11.6. The van der Waals surface area contributed by atoms with Gasteiger partial charge in [-0.25, -0.2) is 0 Å². The fourth-order valence-electron chi connectivity index (χ4n) is 1.26. The summed E-state index contributed by atoms with van der Waals surface area (Å²) in [4.78, 5) is 0. The second-order valence-corrected chi connectivity index (χ2v) is 4.86. The van der Waals surface area contributed by atoms with Crippen molar-refractivity contribution in [2.75, 3.05) is 0 Å². The molecule has 1 aliphatic rings. The molecule has 2 N–H and O–H groups in total. The van der Waals surface area contributed by atoms with Gasteiger partial charge in [0, 0.05) is 6.04 Å². The first-order valence-electron chi connectivity index (χ1n) is 4.85. The second-order valence-electron chi connectivity index (χ2n) is 3.67. The molecule has 1 atom stereocenters. The fourth-order valence-corrected chi connectivity index (χ4v) is 2.35. The Labute approximate surface area is 93.7 Å². The minimum atomic E-state index is 0.306.